The maximum absolute atomic E-state index is 12.1. The first-order valence-corrected chi connectivity index (χ1v) is 10.5. The van der Waals surface area contributed by atoms with E-state index in [2.05, 4.69) is 31.8 Å². The molecule has 3 aromatic carbocycles. The molecule has 31 heavy (non-hydrogen) atoms. The third kappa shape index (κ3) is 6.94. The van der Waals surface area contributed by atoms with Gasteiger partial charge in [0.25, 0.3) is 11.8 Å². The van der Waals surface area contributed by atoms with Gasteiger partial charge < -0.3 is 10.1 Å². The largest absolute Gasteiger partial charge is 0.488 e. The Bertz CT molecular complexity index is 1090. The number of amides is 2. The fraction of sp³-hybridized carbons (Fsp3) is 0.0870. The van der Waals surface area contributed by atoms with Crippen molar-refractivity contribution < 1.29 is 14.3 Å². The van der Waals surface area contributed by atoms with Crippen molar-refractivity contribution in [1.29, 1.82) is 0 Å². The van der Waals surface area contributed by atoms with Gasteiger partial charge in [0.2, 0.25) is 0 Å². The SMILES string of the molecule is O=C(CNC(=O)c1ccccc1Cl)N/N=C\c1ccccc1OCc1ccc(Br)cc1. The van der Waals surface area contributed by atoms with Gasteiger partial charge in [-0.2, -0.15) is 5.10 Å². The molecule has 0 saturated carbocycles. The number of hydrogen-bond donors (Lipinski definition) is 2. The summed E-state index contributed by atoms with van der Waals surface area (Å²) in [4.78, 5) is 24.1. The molecule has 8 heteroatoms. The molecule has 0 aliphatic carbocycles. The van der Waals surface area contributed by atoms with E-state index in [9.17, 15) is 9.59 Å². The maximum atomic E-state index is 12.1. The molecule has 158 valence electrons. The fourth-order valence-electron chi connectivity index (χ4n) is 2.57. The van der Waals surface area contributed by atoms with E-state index < -0.39 is 11.8 Å². The van der Waals surface area contributed by atoms with E-state index >= 15 is 0 Å². The Kier molecular flexibility index (Phi) is 8.20. The average Bonchev–Trinajstić information content (AvgIpc) is 2.78. The van der Waals surface area contributed by atoms with Crippen LogP contribution < -0.4 is 15.5 Å². The van der Waals surface area contributed by atoms with Crippen molar-refractivity contribution in [1.82, 2.24) is 10.7 Å². The predicted molar refractivity (Wildman–Crippen MR) is 124 cm³/mol. The van der Waals surface area contributed by atoms with Gasteiger partial charge in [0.1, 0.15) is 12.4 Å². The lowest BCUT2D eigenvalue weighted by molar-refractivity contribution is -0.120. The van der Waals surface area contributed by atoms with Crippen LogP contribution in [-0.2, 0) is 11.4 Å². The number of halogens is 2. The summed E-state index contributed by atoms with van der Waals surface area (Å²) in [6.45, 7) is 0.168. The van der Waals surface area contributed by atoms with Gasteiger partial charge in [-0.1, -0.05) is 63.9 Å². The topological polar surface area (TPSA) is 79.8 Å². The van der Waals surface area contributed by atoms with Crippen LogP contribution in [0, 0.1) is 0 Å². The van der Waals surface area contributed by atoms with Crippen molar-refractivity contribution in [3.63, 3.8) is 0 Å². The Morgan fingerprint density at radius 2 is 1.71 bits per heavy atom. The van der Waals surface area contributed by atoms with Crippen LogP contribution in [0.15, 0.2) is 82.4 Å². The molecule has 3 aromatic rings. The molecule has 0 unspecified atom stereocenters. The monoisotopic (exact) mass is 499 g/mol. The Hall–Kier alpha value is -3.16. The first-order valence-electron chi connectivity index (χ1n) is 9.34. The van der Waals surface area contributed by atoms with Crippen LogP contribution in [-0.4, -0.2) is 24.6 Å². The summed E-state index contributed by atoms with van der Waals surface area (Å²) in [6.07, 6.45) is 1.49. The lowest BCUT2D eigenvalue weighted by atomic mass is 10.2. The molecule has 3 rings (SSSR count). The molecule has 0 atom stereocenters. The second kappa shape index (κ2) is 11.3. The number of carbonyl (C=O) groups excluding carboxylic acids is 2. The number of hydrazone groups is 1. The summed E-state index contributed by atoms with van der Waals surface area (Å²) in [5.74, 6) is -0.267. The molecule has 0 aliphatic rings. The summed E-state index contributed by atoms with van der Waals surface area (Å²) in [6, 6.07) is 21.8. The maximum Gasteiger partial charge on any atom is 0.259 e. The lowest BCUT2D eigenvalue weighted by Crippen LogP contribution is -2.35. The van der Waals surface area contributed by atoms with E-state index in [4.69, 9.17) is 16.3 Å². The minimum absolute atomic E-state index is 0.233. The first kappa shape index (κ1) is 22.5. The standard InChI is InChI=1S/C23H19BrClN3O3/c24-18-11-9-16(10-12-18)15-31-21-8-4-1-5-17(21)13-27-28-22(29)14-26-23(30)19-6-2-3-7-20(19)25/h1-13H,14-15H2,(H,26,30)(H,28,29)/b27-13-. The highest BCUT2D eigenvalue weighted by atomic mass is 79.9. The molecule has 0 aliphatic heterocycles. The molecule has 2 N–H and O–H groups in total. The molecule has 0 aromatic heterocycles. The Morgan fingerprint density at radius 3 is 2.48 bits per heavy atom. The summed E-state index contributed by atoms with van der Waals surface area (Å²) in [5.41, 5.74) is 4.42. The van der Waals surface area contributed by atoms with Crippen LogP contribution in [0.3, 0.4) is 0 Å². The normalized spacial score (nSPS) is 10.6. The zero-order valence-electron chi connectivity index (χ0n) is 16.3. The van der Waals surface area contributed by atoms with Gasteiger partial charge in [-0.05, 0) is 42.0 Å². The van der Waals surface area contributed by atoms with Crippen molar-refractivity contribution in [3.8, 4) is 5.75 Å². The lowest BCUT2D eigenvalue weighted by Gasteiger charge is -2.09. The van der Waals surface area contributed by atoms with Crippen molar-refractivity contribution in [2.75, 3.05) is 6.54 Å². The van der Waals surface area contributed by atoms with E-state index in [1.807, 2.05) is 48.5 Å². The van der Waals surface area contributed by atoms with Gasteiger partial charge in [0, 0.05) is 10.0 Å². The summed E-state index contributed by atoms with van der Waals surface area (Å²) >= 11 is 9.38. The highest BCUT2D eigenvalue weighted by Crippen LogP contribution is 2.18. The van der Waals surface area contributed by atoms with Crippen molar-refractivity contribution in [3.05, 3.63) is 99.0 Å². The third-order valence-electron chi connectivity index (χ3n) is 4.15. The summed E-state index contributed by atoms with van der Waals surface area (Å²) in [5, 5.41) is 6.77. The van der Waals surface area contributed by atoms with Crippen molar-refractivity contribution >= 4 is 45.6 Å². The molecule has 0 saturated heterocycles. The van der Waals surface area contributed by atoms with Gasteiger partial charge in [-0.15, -0.1) is 0 Å². The number of nitrogens with zero attached hydrogens (tertiary/aromatic N) is 1. The summed E-state index contributed by atoms with van der Waals surface area (Å²) < 4.78 is 6.87. The van der Waals surface area contributed by atoms with Gasteiger partial charge in [0.05, 0.1) is 23.3 Å². The van der Waals surface area contributed by atoms with E-state index in [0.29, 0.717) is 28.5 Å². The minimum atomic E-state index is -0.468. The quantitative estimate of drug-likeness (QED) is 0.351. The predicted octanol–water partition coefficient (Wildman–Crippen LogP) is 4.56. The number of para-hydroxylation sites is 1. The number of carbonyl (C=O) groups is 2. The second-order valence-electron chi connectivity index (χ2n) is 6.41. The molecule has 6 nitrogen and oxygen atoms in total. The van der Waals surface area contributed by atoms with Gasteiger partial charge in [-0.25, -0.2) is 5.43 Å². The van der Waals surface area contributed by atoms with E-state index in [1.54, 1.807) is 24.3 Å². The highest BCUT2D eigenvalue weighted by Gasteiger charge is 2.10. The van der Waals surface area contributed by atoms with Crippen LogP contribution in [0.25, 0.3) is 0 Å². The molecule has 0 heterocycles. The number of nitrogens with one attached hydrogen (secondary N) is 2. The highest BCUT2D eigenvalue weighted by molar-refractivity contribution is 9.10. The minimum Gasteiger partial charge on any atom is -0.488 e. The first-order chi connectivity index (χ1) is 15.0. The average molecular weight is 501 g/mol. The molecule has 0 fully saturated rings. The van der Waals surface area contributed by atoms with E-state index in [-0.39, 0.29) is 6.54 Å². The molecule has 0 spiro atoms. The second-order valence-corrected chi connectivity index (χ2v) is 7.73. The summed E-state index contributed by atoms with van der Waals surface area (Å²) in [7, 11) is 0. The van der Waals surface area contributed by atoms with Crippen LogP contribution in [0.1, 0.15) is 21.5 Å². The molecular weight excluding hydrogens is 482 g/mol. The van der Waals surface area contributed by atoms with E-state index in [1.165, 1.54) is 6.21 Å². The Labute approximate surface area is 193 Å². The number of rotatable bonds is 8. The van der Waals surface area contributed by atoms with Crippen molar-refractivity contribution in [2.24, 2.45) is 5.10 Å². The van der Waals surface area contributed by atoms with Gasteiger partial charge >= 0.3 is 0 Å². The molecule has 0 radical (unpaired) electrons. The number of benzene rings is 3. The van der Waals surface area contributed by atoms with Crippen LogP contribution >= 0.6 is 27.5 Å². The zero-order valence-corrected chi connectivity index (χ0v) is 18.7. The number of ether oxygens (including phenoxy) is 1. The van der Waals surface area contributed by atoms with Crippen molar-refractivity contribution in [2.45, 2.75) is 6.61 Å². The van der Waals surface area contributed by atoms with Crippen LogP contribution in [0.5, 0.6) is 5.75 Å². The Morgan fingerprint density at radius 1 is 1.00 bits per heavy atom. The fourth-order valence-corrected chi connectivity index (χ4v) is 3.06. The molecule has 2 amide bonds. The third-order valence-corrected chi connectivity index (χ3v) is 5.01. The zero-order chi connectivity index (χ0) is 22.1. The number of hydrogen-bond acceptors (Lipinski definition) is 4. The molecule has 0 bridgehead atoms. The Balaban J connectivity index is 1.51. The van der Waals surface area contributed by atoms with E-state index in [0.717, 1.165) is 10.0 Å². The van der Waals surface area contributed by atoms with Crippen LogP contribution in [0.2, 0.25) is 5.02 Å². The van der Waals surface area contributed by atoms with Crippen LogP contribution in [0.4, 0.5) is 0 Å². The van der Waals surface area contributed by atoms with Gasteiger partial charge in [0.15, 0.2) is 0 Å². The van der Waals surface area contributed by atoms with Gasteiger partial charge in [-0.3, -0.25) is 9.59 Å². The molecular formula is C23H19BrClN3O3. The smallest absolute Gasteiger partial charge is 0.259 e.